The molecule has 0 N–H and O–H groups in total. The molecule has 6 nitrogen and oxygen atoms in total. The molecule has 0 aliphatic rings. The molecule has 0 rings (SSSR count). The Kier molecular flexibility index (Phi) is 51.1. The van der Waals surface area contributed by atoms with Crippen LogP contribution in [0, 0.1) is 0 Å². The fraction of sp³-hybridized carbons (Fsp3) is 0.565. The van der Waals surface area contributed by atoms with Crippen molar-refractivity contribution in [3.63, 3.8) is 0 Å². The fourth-order valence-electron chi connectivity index (χ4n) is 6.65. The molecule has 0 fully saturated rings. The number of unbranched alkanes of at least 4 members (excludes halogenated alkanes) is 11. The van der Waals surface area contributed by atoms with E-state index in [1.807, 2.05) is 0 Å². The summed E-state index contributed by atoms with van der Waals surface area (Å²) < 4.78 is 16.8. The van der Waals surface area contributed by atoms with Crippen molar-refractivity contribution in [2.75, 3.05) is 13.2 Å². The molecule has 380 valence electrons. The van der Waals surface area contributed by atoms with Crippen molar-refractivity contribution in [1.82, 2.24) is 0 Å². The SMILES string of the molecule is CC/C=C\C/C=C\C/C=C\C/C=C\C/C=C\CCCCCC(=O)OCC(COC(=O)CCCCCCC/C=C\C/C=C\CC)OC(=O)CCCCC/C=C\C/C=C\C/C=C\C/C=C\C/C=C\CC. The molecule has 6 heteroatoms. The lowest BCUT2D eigenvalue weighted by molar-refractivity contribution is -0.167. The van der Waals surface area contributed by atoms with Gasteiger partial charge in [0.2, 0.25) is 0 Å². The van der Waals surface area contributed by atoms with Crippen LogP contribution in [0.25, 0.3) is 0 Å². The molecular formula is C62H96O6. The van der Waals surface area contributed by atoms with Crippen LogP contribution in [0.15, 0.2) is 146 Å². The molecule has 0 amide bonds. The van der Waals surface area contributed by atoms with Crippen molar-refractivity contribution in [2.24, 2.45) is 0 Å². The van der Waals surface area contributed by atoms with E-state index in [0.29, 0.717) is 19.3 Å². The topological polar surface area (TPSA) is 78.9 Å². The van der Waals surface area contributed by atoms with Gasteiger partial charge in [-0.05, 0) is 135 Å². The third-order valence-corrected chi connectivity index (χ3v) is 10.6. The first-order valence-corrected chi connectivity index (χ1v) is 26.8. The smallest absolute Gasteiger partial charge is 0.306 e. The maximum absolute atomic E-state index is 12.8. The number of ether oxygens (including phenoxy) is 3. The number of esters is 3. The Bertz CT molecular complexity index is 1540. The summed E-state index contributed by atoms with van der Waals surface area (Å²) in [6.07, 6.45) is 78.3. The molecule has 0 aromatic carbocycles. The zero-order chi connectivity index (χ0) is 49.3. The van der Waals surface area contributed by atoms with Crippen molar-refractivity contribution in [2.45, 2.75) is 213 Å². The summed E-state index contributed by atoms with van der Waals surface area (Å²) >= 11 is 0. The van der Waals surface area contributed by atoms with Gasteiger partial charge >= 0.3 is 17.9 Å². The second-order valence-corrected chi connectivity index (χ2v) is 17.0. The van der Waals surface area contributed by atoms with E-state index in [1.54, 1.807) is 0 Å². The number of allylic oxidation sites excluding steroid dienone is 24. The Morgan fingerprint density at radius 2 is 0.529 bits per heavy atom. The van der Waals surface area contributed by atoms with Crippen LogP contribution in [0.1, 0.15) is 207 Å². The lowest BCUT2D eigenvalue weighted by Crippen LogP contribution is -2.30. The minimum Gasteiger partial charge on any atom is -0.462 e. The first kappa shape index (κ1) is 63.3. The summed E-state index contributed by atoms with van der Waals surface area (Å²) in [4.78, 5) is 38.1. The number of hydrogen-bond donors (Lipinski definition) is 0. The van der Waals surface area contributed by atoms with Crippen molar-refractivity contribution < 1.29 is 28.6 Å². The quantitative estimate of drug-likeness (QED) is 0.0262. The van der Waals surface area contributed by atoms with Crippen molar-refractivity contribution in [3.05, 3.63) is 146 Å². The molecule has 0 aliphatic carbocycles. The normalized spacial score (nSPS) is 13.3. The average Bonchev–Trinajstić information content (AvgIpc) is 3.34. The first-order valence-electron chi connectivity index (χ1n) is 26.8. The summed E-state index contributed by atoms with van der Waals surface area (Å²) in [6, 6.07) is 0. The van der Waals surface area contributed by atoms with E-state index in [9.17, 15) is 14.4 Å². The monoisotopic (exact) mass is 937 g/mol. The molecular weight excluding hydrogens is 841 g/mol. The molecule has 0 bridgehead atoms. The van der Waals surface area contributed by atoms with Gasteiger partial charge in [-0.2, -0.15) is 0 Å². The van der Waals surface area contributed by atoms with Gasteiger partial charge in [-0.3, -0.25) is 14.4 Å². The highest BCUT2D eigenvalue weighted by Gasteiger charge is 2.19. The van der Waals surface area contributed by atoms with Gasteiger partial charge in [-0.15, -0.1) is 0 Å². The number of carbonyl (C=O) groups excluding carboxylic acids is 3. The van der Waals surface area contributed by atoms with Crippen molar-refractivity contribution in [3.8, 4) is 0 Å². The Morgan fingerprint density at radius 1 is 0.294 bits per heavy atom. The van der Waals surface area contributed by atoms with E-state index in [4.69, 9.17) is 14.2 Å². The largest absolute Gasteiger partial charge is 0.462 e. The zero-order valence-electron chi connectivity index (χ0n) is 43.3. The Morgan fingerprint density at radius 3 is 0.838 bits per heavy atom. The van der Waals surface area contributed by atoms with Crippen LogP contribution in [0.3, 0.4) is 0 Å². The summed E-state index contributed by atoms with van der Waals surface area (Å²) in [7, 11) is 0. The van der Waals surface area contributed by atoms with E-state index in [0.717, 1.165) is 161 Å². The van der Waals surface area contributed by atoms with Gasteiger partial charge in [0, 0.05) is 19.3 Å². The third kappa shape index (κ3) is 52.3. The molecule has 0 spiro atoms. The molecule has 0 aromatic heterocycles. The highest BCUT2D eigenvalue weighted by molar-refractivity contribution is 5.71. The van der Waals surface area contributed by atoms with Gasteiger partial charge < -0.3 is 14.2 Å². The van der Waals surface area contributed by atoms with Gasteiger partial charge in [0.25, 0.3) is 0 Å². The zero-order valence-corrected chi connectivity index (χ0v) is 43.3. The molecule has 68 heavy (non-hydrogen) atoms. The maximum Gasteiger partial charge on any atom is 0.306 e. The average molecular weight is 937 g/mol. The minimum absolute atomic E-state index is 0.116. The van der Waals surface area contributed by atoms with E-state index in [1.165, 1.54) is 0 Å². The molecule has 0 aromatic rings. The Balaban J connectivity index is 4.54. The van der Waals surface area contributed by atoms with Crippen LogP contribution in [0.4, 0.5) is 0 Å². The number of rotatable bonds is 46. The molecule has 1 unspecified atom stereocenters. The molecule has 1 atom stereocenters. The Hall–Kier alpha value is -4.71. The van der Waals surface area contributed by atoms with Crippen LogP contribution in [0.2, 0.25) is 0 Å². The van der Waals surface area contributed by atoms with Crippen LogP contribution >= 0.6 is 0 Å². The van der Waals surface area contributed by atoms with Gasteiger partial charge in [-0.1, -0.05) is 199 Å². The van der Waals surface area contributed by atoms with Crippen molar-refractivity contribution in [1.29, 1.82) is 0 Å². The summed E-state index contributed by atoms with van der Waals surface area (Å²) in [5.41, 5.74) is 0. The Labute approximate surface area is 417 Å². The van der Waals surface area contributed by atoms with Gasteiger partial charge in [0.15, 0.2) is 6.10 Å². The second-order valence-electron chi connectivity index (χ2n) is 17.0. The molecule has 0 aliphatic heterocycles. The van der Waals surface area contributed by atoms with Crippen molar-refractivity contribution >= 4 is 17.9 Å². The number of hydrogen-bond acceptors (Lipinski definition) is 6. The minimum atomic E-state index is -0.822. The summed E-state index contributed by atoms with van der Waals surface area (Å²) in [5.74, 6) is -1.01. The van der Waals surface area contributed by atoms with Crippen LogP contribution in [-0.4, -0.2) is 37.2 Å². The lowest BCUT2D eigenvalue weighted by Gasteiger charge is -2.18. The molecule has 0 radical (unpaired) electrons. The van der Waals surface area contributed by atoms with Crippen LogP contribution < -0.4 is 0 Å². The molecule has 0 saturated carbocycles. The summed E-state index contributed by atoms with van der Waals surface area (Å²) in [6.45, 7) is 6.21. The standard InChI is InChI=1S/C62H96O6/c1-4-7-10-13-16-19-22-25-27-29-31-33-35-37-40-43-46-49-52-55-61(64)67-58-59(57-66-60(63)54-51-48-45-42-39-24-21-18-15-12-9-6-3)68-62(65)56-53-50-47-44-41-38-36-34-32-30-28-26-23-20-17-14-11-8-5-2/h7-12,16-21,25-28,31-34,37-38,40-41,59H,4-6,13-15,22-24,29-30,35-36,39,42-58H2,1-3H3/b10-7-,11-8-,12-9-,19-16-,20-17-,21-18-,27-25-,28-26-,33-31-,34-32-,40-37-,41-38-. The lowest BCUT2D eigenvalue weighted by atomic mass is 10.1. The van der Waals surface area contributed by atoms with E-state index in [2.05, 4.69) is 167 Å². The van der Waals surface area contributed by atoms with Gasteiger partial charge in [-0.25, -0.2) is 0 Å². The third-order valence-electron chi connectivity index (χ3n) is 10.6. The van der Waals surface area contributed by atoms with Crippen LogP contribution in [0.5, 0.6) is 0 Å². The first-order chi connectivity index (χ1) is 33.5. The van der Waals surface area contributed by atoms with E-state index < -0.39 is 6.10 Å². The van der Waals surface area contributed by atoms with Gasteiger partial charge in [0.1, 0.15) is 13.2 Å². The van der Waals surface area contributed by atoms with Crippen LogP contribution in [-0.2, 0) is 28.6 Å². The molecule has 0 heterocycles. The predicted octanol–water partition coefficient (Wildman–Crippen LogP) is 18.0. The highest BCUT2D eigenvalue weighted by Crippen LogP contribution is 2.12. The maximum atomic E-state index is 12.8. The summed E-state index contributed by atoms with van der Waals surface area (Å²) in [5, 5.41) is 0. The van der Waals surface area contributed by atoms with Gasteiger partial charge in [0.05, 0.1) is 0 Å². The van der Waals surface area contributed by atoms with E-state index >= 15 is 0 Å². The fourth-order valence-corrected chi connectivity index (χ4v) is 6.65. The predicted molar refractivity (Wildman–Crippen MR) is 292 cm³/mol. The highest BCUT2D eigenvalue weighted by atomic mass is 16.6. The molecule has 0 saturated heterocycles. The number of carbonyl (C=O) groups is 3. The van der Waals surface area contributed by atoms with E-state index in [-0.39, 0.29) is 37.5 Å². The second kappa shape index (κ2) is 54.9.